The maximum Gasteiger partial charge on any atom is 0.135 e. The summed E-state index contributed by atoms with van der Waals surface area (Å²) in [5.74, 6) is -1.81. The molecular formula is C13H16F3N. The summed E-state index contributed by atoms with van der Waals surface area (Å²) in [5.41, 5.74) is -0.102. The molecule has 1 aromatic carbocycles. The van der Waals surface area contributed by atoms with Gasteiger partial charge in [-0.1, -0.05) is 6.07 Å². The van der Waals surface area contributed by atoms with Gasteiger partial charge >= 0.3 is 0 Å². The van der Waals surface area contributed by atoms with E-state index in [1.54, 1.807) is 0 Å². The molecule has 2 rings (SSSR count). The van der Waals surface area contributed by atoms with E-state index in [9.17, 15) is 13.2 Å². The van der Waals surface area contributed by atoms with Crippen LogP contribution >= 0.6 is 0 Å². The van der Waals surface area contributed by atoms with Gasteiger partial charge in [-0.15, -0.1) is 0 Å². The molecule has 94 valence electrons. The molecule has 1 saturated heterocycles. The molecule has 0 saturated carbocycles. The van der Waals surface area contributed by atoms with Crippen LogP contribution in [0.1, 0.15) is 30.1 Å². The van der Waals surface area contributed by atoms with Crippen LogP contribution in [0, 0.1) is 24.5 Å². The van der Waals surface area contributed by atoms with E-state index in [2.05, 4.69) is 5.32 Å². The van der Waals surface area contributed by atoms with Gasteiger partial charge in [-0.3, -0.25) is 0 Å². The lowest BCUT2D eigenvalue weighted by Crippen LogP contribution is -2.30. The molecule has 0 aliphatic carbocycles. The first-order chi connectivity index (χ1) is 8.11. The molecule has 1 fully saturated rings. The van der Waals surface area contributed by atoms with Crippen LogP contribution in [0.3, 0.4) is 0 Å². The van der Waals surface area contributed by atoms with Gasteiger partial charge in [0.1, 0.15) is 17.8 Å². The molecule has 1 heterocycles. The molecule has 17 heavy (non-hydrogen) atoms. The third-order valence-corrected chi connectivity index (χ3v) is 3.39. The highest BCUT2D eigenvalue weighted by atomic mass is 19.2. The Bertz CT molecular complexity index is 400. The summed E-state index contributed by atoms with van der Waals surface area (Å²) in [7, 11) is 0. The summed E-state index contributed by atoms with van der Waals surface area (Å²) in [6.07, 6.45) is -0.306. The molecule has 1 aliphatic rings. The van der Waals surface area contributed by atoms with Crippen molar-refractivity contribution in [2.45, 2.75) is 25.9 Å². The summed E-state index contributed by atoms with van der Waals surface area (Å²) in [4.78, 5) is 0. The summed E-state index contributed by atoms with van der Waals surface area (Å²) in [6, 6.07) is 2.48. The van der Waals surface area contributed by atoms with E-state index in [0.29, 0.717) is 25.9 Å². The monoisotopic (exact) mass is 243 g/mol. The highest BCUT2D eigenvalue weighted by molar-refractivity contribution is 5.28. The fourth-order valence-corrected chi connectivity index (χ4v) is 2.30. The Morgan fingerprint density at radius 3 is 2.53 bits per heavy atom. The molecule has 4 heteroatoms. The van der Waals surface area contributed by atoms with Crippen molar-refractivity contribution in [2.75, 3.05) is 13.1 Å². The van der Waals surface area contributed by atoms with Crippen molar-refractivity contribution in [3.63, 3.8) is 0 Å². The number of halogens is 3. The van der Waals surface area contributed by atoms with Crippen molar-refractivity contribution in [3.8, 4) is 0 Å². The van der Waals surface area contributed by atoms with Gasteiger partial charge in [0.2, 0.25) is 0 Å². The summed E-state index contributed by atoms with van der Waals surface area (Å²) < 4.78 is 41.5. The quantitative estimate of drug-likeness (QED) is 0.840. The average molecular weight is 243 g/mol. The Morgan fingerprint density at radius 2 is 1.88 bits per heavy atom. The Labute approximate surface area is 99.0 Å². The minimum atomic E-state index is -1.54. The van der Waals surface area contributed by atoms with Gasteiger partial charge in [-0.05, 0) is 50.4 Å². The van der Waals surface area contributed by atoms with Gasteiger partial charge in [0.15, 0.2) is 0 Å². The highest BCUT2D eigenvalue weighted by Crippen LogP contribution is 2.35. The van der Waals surface area contributed by atoms with Crippen LogP contribution in [0.4, 0.5) is 13.2 Å². The van der Waals surface area contributed by atoms with Crippen molar-refractivity contribution in [1.29, 1.82) is 0 Å². The zero-order valence-corrected chi connectivity index (χ0v) is 9.77. The molecule has 0 radical (unpaired) electrons. The van der Waals surface area contributed by atoms with Crippen molar-refractivity contribution < 1.29 is 13.2 Å². The van der Waals surface area contributed by atoms with Crippen LogP contribution in [0.5, 0.6) is 0 Å². The van der Waals surface area contributed by atoms with Gasteiger partial charge in [-0.2, -0.15) is 0 Å². The number of alkyl halides is 1. The van der Waals surface area contributed by atoms with Gasteiger partial charge < -0.3 is 5.32 Å². The van der Waals surface area contributed by atoms with Crippen LogP contribution in [-0.2, 0) is 0 Å². The van der Waals surface area contributed by atoms with Gasteiger partial charge in [0, 0.05) is 0 Å². The molecular weight excluding hydrogens is 227 g/mol. The molecule has 0 aromatic heterocycles. The predicted molar refractivity (Wildman–Crippen MR) is 60.5 cm³/mol. The van der Waals surface area contributed by atoms with Crippen LogP contribution in [0.2, 0.25) is 0 Å². The first-order valence-electron chi connectivity index (χ1n) is 5.90. The van der Waals surface area contributed by atoms with Gasteiger partial charge in [0.25, 0.3) is 0 Å². The summed E-state index contributed by atoms with van der Waals surface area (Å²) in [5, 5.41) is 3.11. The highest BCUT2D eigenvalue weighted by Gasteiger charge is 2.29. The van der Waals surface area contributed by atoms with Gasteiger partial charge in [-0.25, -0.2) is 13.2 Å². The number of piperidine rings is 1. The Kier molecular flexibility index (Phi) is 3.72. The summed E-state index contributed by atoms with van der Waals surface area (Å²) in [6.45, 7) is 2.94. The fraction of sp³-hybridized carbons (Fsp3) is 0.538. The van der Waals surface area contributed by atoms with Crippen molar-refractivity contribution in [2.24, 2.45) is 5.92 Å². The maximum absolute atomic E-state index is 14.2. The third-order valence-electron chi connectivity index (χ3n) is 3.39. The van der Waals surface area contributed by atoms with E-state index in [4.69, 9.17) is 0 Å². The normalized spacial score (nSPS) is 19.3. The molecule has 1 atom stereocenters. The SMILES string of the molecule is Cc1ccc(F)c(C(F)C2CCNCC2)c1F. The zero-order valence-electron chi connectivity index (χ0n) is 9.77. The van der Waals surface area contributed by atoms with Crippen LogP contribution < -0.4 is 5.32 Å². The molecule has 1 N–H and O–H groups in total. The molecule has 0 spiro atoms. The third kappa shape index (κ3) is 2.46. The molecule has 1 unspecified atom stereocenters. The van der Waals surface area contributed by atoms with Crippen molar-refractivity contribution in [3.05, 3.63) is 34.9 Å². The largest absolute Gasteiger partial charge is 0.317 e. The van der Waals surface area contributed by atoms with Crippen molar-refractivity contribution in [1.82, 2.24) is 5.32 Å². The van der Waals surface area contributed by atoms with Crippen LogP contribution in [0.25, 0.3) is 0 Å². The average Bonchev–Trinajstić information content (AvgIpc) is 2.35. The Morgan fingerprint density at radius 1 is 1.24 bits per heavy atom. The molecule has 1 nitrogen and oxygen atoms in total. The second kappa shape index (κ2) is 5.08. The standard InChI is InChI=1S/C13H16F3N/c1-8-2-3-10(14)11(12(8)15)13(16)9-4-6-17-7-5-9/h2-3,9,13,17H,4-7H2,1H3. The topological polar surface area (TPSA) is 12.0 Å². The molecule has 1 aromatic rings. The number of hydrogen-bond acceptors (Lipinski definition) is 1. The van der Waals surface area contributed by atoms with E-state index in [-0.39, 0.29) is 11.5 Å². The van der Waals surface area contributed by atoms with Crippen molar-refractivity contribution >= 4 is 0 Å². The zero-order chi connectivity index (χ0) is 12.4. The summed E-state index contributed by atoms with van der Waals surface area (Å²) >= 11 is 0. The first kappa shape index (κ1) is 12.4. The maximum atomic E-state index is 14.2. The van der Waals surface area contributed by atoms with E-state index >= 15 is 0 Å². The minimum absolute atomic E-state index is 0.290. The van der Waals surface area contributed by atoms with E-state index < -0.39 is 23.4 Å². The lowest BCUT2D eigenvalue weighted by Gasteiger charge is -2.26. The molecule has 0 amide bonds. The Balaban J connectivity index is 2.29. The van der Waals surface area contributed by atoms with E-state index in [0.717, 1.165) is 6.07 Å². The van der Waals surface area contributed by atoms with E-state index in [1.165, 1.54) is 13.0 Å². The number of benzene rings is 1. The lowest BCUT2D eigenvalue weighted by atomic mass is 9.88. The van der Waals surface area contributed by atoms with Gasteiger partial charge in [0.05, 0.1) is 5.56 Å². The second-order valence-electron chi connectivity index (χ2n) is 4.58. The number of hydrogen-bond donors (Lipinski definition) is 1. The number of aryl methyl sites for hydroxylation is 1. The smallest absolute Gasteiger partial charge is 0.135 e. The number of rotatable bonds is 2. The number of nitrogens with one attached hydrogen (secondary N) is 1. The fourth-order valence-electron chi connectivity index (χ4n) is 2.30. The molecule has 0 bridgehead atoms. The first-order valence-corrected chi connectivity index (χ1v) is 5.90. The lowest BCUT2D eigenvalue weighted by molar-refractivity contribution is 0.180. The van der Waals surface area contributed by atoms with Crippen LogP contribution in [-0.4, -0.2) is 13.1 Å². The molecule has 1 aliphatic heterocycles. The van der Waals surface area contributed by atoms with E-state index in [1.807, 2.05) is 0 Å². The van der Waals surface area contributed by atoms with Crippen LogP contribution in [0.15, 0.2) is 12.1 Å². The predicted octanol–water partition coefficient (Wildman–Crippen LogP) is 3.28. The Hall–Kier alpha value is -1.03. The minimum Gasteiger partial charge on any atom is -0.317 e. The second-order valence-corrected chi connectivity index (χ2v) is 4.58.